The van der Waals surface area contributed by atoms with E-state index < -0.39 is 0 Å². The number of nitrogens with zero attached hydrogens (tertiary/aromatic N) is 1. The van der Waals surface area contributed by atoms with Crippen LogP contribution in [0, 0.1) is 0 Å². The van der Waals surface area contributed by atoms with Crippen LogP contribution in [0.3, 0.4) is 0 Å². The minimum absolute atomic E-state index is 0.571. The second-order valence-electron chi connectivity index (χ2n) is 4.72. The third kappa shape index (κ3) is 2.53. The van der Waals surface area contributed by atoms with Crippen LogP contribution in [-0.4, -0.2) is 11.2 Å². The third-order valence-corrected chi connectivity index (χ3v) is 3.47. The summed E-state index contributed by atoms with van der Waals surface area (Å²) in [6.07, 6.45) is 2.10. The summed E-state index contributed by atoms with van der Waals surface area (Å²) >= 11 is 0. The fourth-order valence-electron chi connectivity index (χ4n) is 2.44. The Balaban J connectivity index is 1.72. The first-order valence-corrected chi connectivity index (χ1v) is 6.83. The van der Waals surface area contributed by atoms with E-state index >= 15 is 0 Å². The van der Waals surface area contributed by atoms with E-state index in [-0.39, 0.29) is 0 Å². The van der Waals surface area contributed by atoms with Crippen molar-refractivity contribution >= 4 is 10.9 Å². The molecule has 0 amide bonds. The summed E-state index contributed by atoms with van der Waals surface area (Å²) in [4.78, 5) is 0. The molecule has 1 aromatic heterocycles. The lowest BCUT2D eigenvalue weighted by Crippen LogP contribution is -2.07. The first kappa shape index (κ1) is 12.8. The van der Waals surface area contributed by atoms with Crippen LogP contribution in [0.1, 0.15) is 5.56 Å². The largest absolute Gasteiger partial charge is 0.492 e. The van der Waals surface area contributed by atoms with Gasteiger partial charge in [-0.15, -0.1) is 0 Å². The Kier molecular flexibility index (Phi) is 3.70. The predicted octanol–water partition coefficient (Wildman–Crippen LogP) is 3.18. The minimum atomic E-state index is 0.571. The molecular formula is C17H18N2O. The lowest BCUT2D eigenvalue weighted by atomic mass is 10.1. The van der Waals surface area contributed by atoms with E-state index in [9.17, 15) is 0 Å². The molecule has 0 bridgehead atoms. The number of hydrogen-bond donors (Lipinski definition) is 1. The number of nitrogens with two attached hydrogens (primary N) is 1. The van der Waals surface area contributed by atoms with Gasteiger partial charge in [0, 0.05) is 23.6 Å². The van der Waals surface area contributed by atoms with E-state index in [0.29, 0.717) is 13.2 Å². The zero-order chi connectivity index (χ0) is 13.8. The van der Waals surface area contributed by atoms with Crippen molar-refractivity contribution in [1.82, 2.24) is 4.57 Å². The molecule has 0 radical (unpaired) electrons. The second kappa shape index (κ2) is 5.80. The fraction of sp³-hybridized carbons (Fsp3) is 0.176. The summed E-state index contributed by atoms with van der Waals surface area (Å²) in [5.41, 5.74) is 8.17. The van der Waals surface area contributed by atoms with E-state index in [4.69, 9.17) is 10.5 Å². The molecule has 102 valence electrons. The van der Waals surface area contributed by atoms with Gasteiger partial charge in [-0.1, -0.05) is 30.3 Å². The Morgan fingerprint density at radius 1 is 0.950 bits per heavy atom. The lowest BCUT2D eigenvalue weighted by Gasteiger charge is -2.08. The zero-order valence-electron chi connectivity index (χ0n) is 11.3. The molecule has 0 aliphatic rings. The maximum atomic E-state index is 5.77. The molecule has 0 aliphatic carbocycles. The molecule has 2 N–H and O–H groups in total. The Morgan fingerprint density at radius 3 is 2.60 bits per heavy atom. The number of rotatable bonds is 5. The molecular weight excluding hydrogens is 248 g/mol. The number of ether oxygens (including phenoxy) is 1. The van der Waals surface area contributed by atoms with E-state index in [2.05, 4.69) is 35.0 Å². The molecule has 0 unspecified atom stereocenters. The van der Waals surface area contributed by atoms with Crippen molar-refractivity contribution in [2.45, 2.75) is 13.1 Å². The minimum Gasteiger partial charge on any atom is -0.492 e. The van der Waals surface area contributed by atoms with Gasteiger partial charge < -0.3 is 15.0 Å². The summed E-state index contributed by atoms with van der Waals surface area (Å²) in [6.45, 7) is 2.05. The first-order chi connectivity index (χ1) is 9.88. The van der Waals surface area contributed by atoms with Crippen LogP contribution in [0.4, 0.5) is 0 Å². The van der Waals surface area contributed by atoms with Crippen molar-refractivity contribution in [1.29, 1.82) is 0 Å². The summed E-state index contributed by atoms with van der Waals surface area (Å²) in [5.74, 6) is 0.909. The van der Waals surface area contributed by atoms with Gasteiger partial charge in [-0.05, 0) is 29.8 Å². The van der Waals surface area contributed by atoms with E-state index in [1.54, 1.807) is 0 Å². The Bertz CT molecular complexity index is 689. The monoisotopic (exact) mass is 266 g/mol. The van der Waals surface area contributed by atoms with Crippen LogP contribution in [0.2, 0.25) is 0 Å². The van der Waals surface area contributed by atoms with E-state index in [1.165, 1.54) is 16.5 Å². The van der Waals surface area contributed by atoms with E-state index in [1.807, 2.05) is 30.3 Å². The zero-order valence-corrected chi connectivity index (χ0v) is 11.3. The molecule has 1 heterocycles. The Morgan fingerprint density at radius 2 is 1.80 bits per heavy atom. The van der Waals surface area contributed by atoms with Crippen LogP contribution < -0.4 is 10.5 Å². The molecule has 0 fully saturated rings. The van der Waals surface area contributed by atoms with Gasteiger partial charge in [0.25, 0.3) is 0 Å². The SMILES string of the molecule is NCc1cccc2c1ccn2CCOc1ccccc1. The van der Waals surface area contributed by atoms with Gasteiger partial charge in [-0.2, -0.15) is 0 Å². The molecule has 20 heavy (non-hydrogen) atoms. The normalized spacial score (nSPS) is 10.8. The van der Waals surface area contributed by atoms with Crippen LogP contribution in [0.5, 0.6) is 5.75 Å². The van der Waals surface area contributed by atoms with Gasteiger partial charge in [0.1, 0.15) is 12.4 Å². The van der Waals surface area contributed by atoms with Crippen LogP contribution >= 0.6 is 0 Å². The topological polar surface area (TPSA) is 40.2 Å². The highest BCUT2D eigenvalue weighted by Crippen LogP contribution is 2.20. The van der Waals surface area contributed by atoms with Crippen molar-refractivity contribution in [3.8, 4) is 5.75 Å². The van der Waals surface area contributed by atoms with Crippen molar-refractivity contribution in [2.24, 2.45) is 5.73 Å². The molecule has 3 heteroatoms. The lowest BCUT2D eigenvalue weighted by molar-refractivity contribution is 0.300. The molecule has 2 aromatic carbocycles. The quantitative estimate of drug-likeness (QED) is 0.770. The smallest absolute Gasteiger partial charge is 0.119 e. The number of fused-ring (bicyclic) bond motifs is 1. The molecule has 0 saturated heterocycles. The molecule has 3 aromatic rings. The van der Waals surface area contributed by atoms with Crippen molar-refractivity contribution in [3.05, 3.63) is 66.4 Å². The number of para-hydroxylation sites is 1. The van der Waals surface area contributed by atoms with E-state index in [0.717, 1.165) is 12.3 Å². The molecule has 0 atom stereocenters. The summed E-state index contributed by atoms with van der Waals surface area (Å²) in [6, 6.07) is 18.3. The van der Waals surface area contributed by atoms with Crippen LogP contribution in [0.15, 0.2) is 60.8 Å². The molecule has 0 aliphatic heterocycles. The highest BCUT2D eigenvalue weighted by atomic mass is 16.5. The maximum Gasteiger partial charge on any atom is 0.119 e. The van der Waals surface area contributed by atoms with Gasteiger partial charge in [-0.3, -0.25) is 0 Å². The molecule has 0 spiro atoms. The summed E-state index contributed by atoms with van der Waals surface area (Å²) < 4.78 is 7.95. The molecule has 3 rings (SSSR count). The second-order valence-corrected chi connectivity index (χ2v) is 4.72. The number of benzene rings is 2. The van der Waals surface area contributed by atoms with Crippen molar-refractivity contribution in [3.63, 3.8) is 0 Å². The maximum absolute atomic E-state index is 5.77. The number of aromatic nitrogens is 1. The number of hydrogen-bond acceptors (Lipinski definition) is 2. The predicted molar refractivity (Wildman–Crippen MR) is 81.8 cm³/mol. The van der Waals surface area contributed by atoms with Gasteiger partial charge >= 0.3 is 0 Å². The third-order valence-electron chi connectivity index (χ3n) is 3.47. The van der Waals surface area contributed by atoms with Gasteiger partial charge in [0.05, 0.1) is 6.54 Å². The van der Waals surface area contributed by atoms with Gasteiger partial charge in [-0.25, -0.2) is 0 Å². The standard InChI is InChI=1S/C17H18N2O/c18-13-14-5-4-8-17-16(14)9-10-19(17)11-12-20-15-6-2-1-3-7-15/h1-10H,11-13,18H2. The van der Waals surface area contributed by atoms with Crippen LogP contribution in [-0.2, 0) is 13.1 Å². The van der Waals surface area contributed by atoms with Gasteiger partial charge in [0.2, 0.25) is 0 Å². The average molecular weight is 266 g/mol. The average Bonchev–Trinajstić information content (AvgIpc) is 2.92. The molecule has 3 nitrogen and oxygen atoms in total. The Hall–Kier alpha value is -2.26. The first-order valence-electron chi connectivity index (χ1n) is 6.83. The van der Waals surface area contributed by atoms with Crippen molar-refractivity contribution < 1.29 is 4.74 Å². The van der Waals surface area contributed by atoms with Gasteiger partial charge in [0.15, 0.2) is 0 Å². The summed E-state index contributed by atoms with van der Waals surface area (Å²) in [5, 5.41) is 1.23. The highest BCUT2D eigenvalue weighted by molar-refractivity contribution is 5.83. The van der Waals surface area contributed by atoms with Crippen LogP contribution in [0.25, 0.3) is 10.9 Å². The highest BCUT2D eigenvalue weighted by Gasteiger charge is 2.04. The summed E-state index contributed by atoms with van der Waals surface area (Å²) in [7, 11) is 0. The Labute approximate surface area is 118 Å². The van der Waals surface area contributed by atoms with Crippen molar-refractivity contribution in [2.75, 3.05) is 6.61 Å². The molecule has 0 saturated carbocycles. The fourth-order valence-corrected chi connectivity index (χ4v) is 2.44.